The molecule has 1 aromatic carbocycles. The normalized spacial score (nSPS) is 14.2. The summed E-state index contributed by atoms with van der Waals surface area (Å²) in [5.74, 6) is 0. The number of rotatable bonds is 4. The van der Waals surface area contributed by atoms with Gasteiger partial charge >= 0.3 is 0 Å². The molecule has 0 aliphatic heterocycles. The maximum absolute atomic E-state index is 10.2. The molecule has 0 heterocycles. The van der Waals surface area contributed by atoms with E-state index in [4.69, 9.17) is 11.6 Å². The number of aliphatic hydroxyl groups excluding tert-OH is 1. The molecule has 0 amide bonds. The van der Waals surface area contributed by atoms with Gasteiger partial charge in [-0.3, -0.25) is 0 Å². The van der Waals surface area contributed by atoms with Crippen molar-refractivity contribution in [3.63, 3.8) is 0 Å². The summed E-state index contributed by atoms with van der Waals surface area (Å²) in [6.45, 7) is 4.07. The lowest BCUT2D eigenvalue weighted by atomic mass is 9.91. The van der Waals surface area contributed by atoms with E-state index in [-0.39, 0.29) is 5.54 Å². The van der Waals surface area contributed by atoms with Crippen molar-refractivity contribution in [3.05, 3.63) is 34.9 Å². The second-order valence-electron chi connectivity index (χ2n) is 4.89. The number of hydrogen-bond acceptors (Lipinski definition) is 2. The molecule has 16 heavy (non-hydrogen) atoms. The Morgan fingerprint density at radius 2 is 1.75 bits per heavy atom. The molecule has 1 unspecified atom stereocenters. The maximum Gasteiger partial charge on any atom is 0.0758 e. The number of likely N-dealkylation sites (N-methyl/N-ethyl adjacent to an activating group) is 1. The third kappa shape index (κ3) is 3.21. The van der Waals surface area contributed by atoms with Crippen molar-refractivity contribution in [1.29, 1.82) is 0 Å². The van der Waals surface area contributed by atoms with Gasteiger partial charge in [-0.05, 0) is 45.6 Å². The third-order valence-electron chi connectivity index (χ3n) is 3.31. The van der Waals surface area contributed by atoms with Crippen LogP contribution in [0.15, 0.2) is 24.3 Å². The van der Waals surface area contributed by atoms with Crippen LogP contribution in [0.5, 0.6) is 0 Å². The Morgan fingerprint density at radius 1 is 1.25 bits per heavy atom. The molecule has 0 aromatic heterocycles. The molecule has 90 valence electrons. The third-order valence-corrected chi connectivity index (χ3v) is 3.56. The van der Waals surface area contributed by atoms with E-state index in [0.29, 0.717) is 6.42 Å². The van der Waals surface area contributed by atoms with Gasteiger partial charge in [0.15, 0.2) is 0 Å². The molecular formula is C13H20ClNO. The molecule has 0 aliphatic rings. The van der Waals surface area contributed by atoms with Gasteiger partial charge in [0, 0.05) is 17.0 Å². The van der Waals surface area contributed by atoms with Gasteiger partial charge in [-0.1, -0.05) is 23.7 Å². The fourth-order valence-electron chi connectivity index (χ4n) is 1.39. The van der Waals surface area contributed by atoms with Crippen LogP contribution in [0.1, 0.15) is 19.4 Å². The number of hydrogen-bond donors (Lipinski definition) is 1. The van der Waals surface area contributed by atoms with Gasteiger partial charge in [0.05, 0.1) is 6.10 Å². The van der Waals surface area contributed by atoms with E-state index in [9.17, 15) is 5.11 Å². The Hall–Kier alpha value is -0.570. The second kappa shape index (κ2) is 5.17. The lowest BCUT2D eigenvalue weighted by molar-refractivity contribution is 0.0183. The molecule has 1 atom stereocenters. The quantitative estimate of drug-likeness (QED) is 0.876. The molecular weight excluding hydrogens is 222 g/mol. The predicted molar refractivity (Wildman–Crippen MR) is 68.9 cm³/mol. The van der Waals surface area contributed by atoms with Gasteiger partial charge in [-0.2, -0.15) is 0 Å². The zero-order chi connectivity index (χ0) is 12.3. The summed E-state index contributed by atoms with van der Waals surface area (Å²) in [6, 6.07) is 7.62. The van der Waals surface area contributed by atoms with Crippen LogP contribution in [0.25, 0.3) is 0 Å². The lowest BCUT2D eigenvalue weighted by Crippen LogP contribution is -2.49. The van der Waals surface area contributed by atoms with Crippen molar-refractivity contribution < 1.29 is 5.11 Å². The predicted octanol–water partition coefficient (Wildman–Crippen LogP) is 2.58. The SMILES string of the molecule is CN(C)C(C)(C)C(O)Cc1ccc(Cl)cc1. The Labute approximate surface area is 103 Å². The van der Waals surface area contributed by atoms with Crippen LogP contribution < -0.4 is 0 Å². The van der Waals surface area contributed by atoms with Crippen molar-refractivity contribution in [2.24, 2.45) is 0 Å². The monoisotopic (exact) mass is 241 g/mol. The van der Waals surface area contributed by atoms with Crippen LogP contribution in [0.3, 0.4) is 0 Å². The molecule has 0 radical (unpaired) electrons. The van der Waals surface area contributed by atoms with Crippen LogP contribution in [0.2, 0.25) is 5.02 Å². The zero-order valence-corrected chi connectivity index (χ0v) is 11.1. The molecule has 0 spiro atoms. The fraction of sp³-hybridized carbons (Fsp3) is 0.538. The minimum Gasteiger partial charge on any atom is -0.391 e. The average molecular weight is 242 g/mol. The Kier molecular flexibility index (Phi) is 4.36. The number of aliphatic hydroxyl groups is 1. The first-order chi connectivity index (χ1) is 7.34. The standard InChI is InChI=1S/C13H20ClNO/c1-13(2,15(3)4)12(16)9-10-5-7-11(14)8-6-10/h5-8,12,16H,9H2,1-4H3. The van der Waals surface area contributed by atoms with Crippen LogP contribution in [-0.2, 0) is 6.42 Å². The first kappa shape index (κ1) is 13.5. The highest BCUT2D eigenvalue weighted by Gasteiger charge is 2.29. The Morgan fingerprint density at radius 3 is 2.19 bits per heavy atom. The smallest absolute Gasteiger partial charge is 0.0758 e. The van der Waals surface area contributed by atoms with Crippen LogP contribution in [0.4, 0.5) is 0 Å². The van der Waals surface area contributed by atoms with Crippen LogP contribution in [0, 0.1) is 0 Å². The fourth-order valence-corrected chi connectivity index (χ4v) is 1.52. The Balaban J connectivity index is 2.71. The lowest BCUT2D eigenvalue weighted by Gasteiger charge is -2.37. The van der Waals surface area contributed by atoms with Crippen LogP contribution >= 0.6 is 11.6 Å². The highest BCUT2D eigenvalue weighted by atomic mass is 35.5. The van der Waals surface area contributed by atoms with E-state index >= 15 is 0 Å². The average Bonchev–Trinajstić information content (AvgIpc) is 2.21. The zero-order valence-electron chi connectivity index (χ0n) is 10.4. The highest BCUT2D eigenvalue weighted by molar-refractivity contribution is 6.30. The van der Waals surface area contributed by atoms with E-state index in [1.165, 1.54) is 0 Å². The van der Waals surface area contributed by atoms with Gasteiger partial charge in [-0.25, -0.2) is 0 Å². The second-order valence-corrected chi connectivity index (χ2v) is 5.33. The molecule has 0 fully saturated rings. The van der Waals surface area contributed by atoms with E-state index < -0.39 is 6.10 Å². The van der Waals surface area contributed by atoms with Crippen molar-refractivity contribution >= 4 is 11.6 Å². The first-order valence-electron chi connectivity index (χ1n) is 5.44. The molecule has 0 saturated heterocycles. The largest absolute Gasteiger partial charge is 0.391 e. The highest BCUT2D eigenvalue weighted by Crippen LogP contribution is 2.20. The number of halogens is 1. The molecule has 2 nitrogen and oxygen atoms in total. The van der Waals surface area contributed by atoms with Gasteiger partial charge in [0.2, 0.25) is 0 Å². The van der Waals surface area contributed by atoms with Crippen molar-refractivity contribution in [3.8, 4) is 0 Å². The summed E-state index contributed by atoms with van der Waals surface area (Å²) in [7, 11) is 3.95. The summed E-state index contributed by atoms with van der Waals surface area (Å²) in [5.41, 5.74) is 0.867. The molecule has 3 heteroatoms. The minimum atomic E-state index is -0.399. The summed E-state index contributed by atoms with van der Waals surface area (Å²) in [5, 5.41) is 10.9. The van der Waals surface area contributed by atoms with E-state index in [1.807, 2.05) is 57.1 Å². The molecule has 0 aliphatic carbocycles. The van der Waals surface area contributed by atoms with Crippen molar-refractivity contribution in [1.82, 2.24) is 4.90 Å². The van der Waals surface area contributed by atoms with E-state index in [1.54, 1.807) is 0 Å². The summed E-state index contributed by atoms with van der Waals surface area (Å²) < 4.78 is 0. The molecule has 1 N–H and O–H groups in total. The molecule has 0 bridgehead atoms. The summed E-state index contributed by atoms with van der Waals surface area (Å²) in [6.07, 6.45) is 0.242. The topological polar surface area (TPSA) is 23.5 Å². The maximum atomic E-state index is 10.2. The summed E-state index contributed by atoms with van der Waals surface area (Å²) in [4.78, 5) is 2.04. The Bertz CT molecular complexity index is 332. The van der Waals surface area contributed by atoms with Crippen molar-refractivity contribution in [2.45, 2.75) is 31.9 Å². The van der Waals surface area contributed by atoms with Crippen molar-refractivity contribution in [2.75, 3.05) is 14.1 Å². The number of nitrogens with zero attached hydrogens (tertiary/aromatic N) is 1. The molecule has 1 rings (SSSR count). The van der Waals surface area contributed by atoms with Gasteiger partial charge in [0.25, 0.3) is 0 Å². The minimum absolute atomic E-state index is 0.236. The van der Waals surface area contributed by atoms with Gasteiger partial charge in [0.1, 0.15) is 0 Å². The molecule has 0 saturated carbocycles. The first-order valence-corrected chi connectivity index (χ1v) is 5.82. The van der Waals surface area contributed by atoms with Gasteiger partial charge < -0.3 is 10.0 Å². The number of benzene rings is 1. The summed E-state index contributed by atoms with van der Waals surface area (Å²) >= 11 is 5.82. The van der Waals surface area contributed by atoms with E-state index in [2.05, 4.69) is 0 Å². The van der Waals surface area contributed by atoms with Gasteiger partial charge in [-0.15, -0.1) is 0 Å². The van der Waals surface area contributed by atoms with E-state index in [0.717, 1.165) is 10.6 Å². The van der Waals surface area contributed by atoms with Crippen LogP contribution in [-0.4, -0.2) is 35.7 Å². The molecule has 1 aromatic rings.